The number of rotatable bonds is 7. The van der Waals surface area contributed by atoms with Crippen LogP contribution in [-0.2, 0) is 4.79 Å². The average Bonchev–Trinajstić information content (AvgIpc) is 2.40. The molecule has 3 atom stereocenters. The van der Waals surface area contributed by atoms with E-state index in [0.29, 0.717) is 24.9 Å². The molecule has 0 radical (unpaired) electrons. The summed E-state index contributed by atoms with van der Waals surface area (Å²) in [5.41, 5.74) is 0. The maximum absolute atomic E-state index is 11.8. The molecule has 0 bridgehead atoms. The highest BCUT2D eigenvalue weighted by Crippen LogP contribution is 2.15. The topological polar surface area (TPSA) is 81.7 Å². The molecule has 1 fully saturated rings. The summed E-state index contributed by atoms with van der Waals surface area (Å²) in [4.78, 5) is 24.6. The zero-order chi connectivity index (χ0) is 15.8. The quantitative estimate of drug-likeness (QED) is 0.668. The van der Waals surface area contributed by atoms with E-state index in [2.05, 4.69) is 29.5 Å². The third-order valence-corrected chi connectivity index (χ3v) is 4.32. The van der Waals surface area contributed by atoms with Crippen molar-refractivity contribution in [3.05, 3.63) is 0 Å². The molecule has 122 valence electrons. The van der Waals surface area contributed by atoms with Gasteiger partial charge in [-0.25, -0.2) is 4.79 Å². The van der Waals surface area contributed by atoms with Gasteiger partial charge in [-0.2, -0.15) is 0 Å². The van der Waals surface area contributed by atoms with Crippen molar-refractivity contribution in [1.29, 1.82) is 0 Å². The number of amides is 2. The van der Waals surface area contributed by atoms with E-state index in [4.69, 9.17) is 5.11 Å². The van der Waals surface area contributed by atoms with Crippen LogP contribution in [0.4, 0.5) is 4.79 Å². The average molecular weight is 299 g/mol. The van der Waals surface area contributed by atoms with E-state index in [1.54, 1.807) is 0 Å². The molecule has 1 rings (SSSR count). The third-order valence-electron chi connectivity index (χ3n) is 4.32. The van der Waals surface area contributed by atoms with Crippen LogP contribution in [0.2, 0.25) is 0 Å². The molecule has 21 heavy (non-hydrogen) atoms. The second-order valence-electron chi connectivity index (χ2n) is 6.28. The SMILES string of the molecule is CC(CCNC(=O)NC1CCN(C)C(C)C1)CCC(=O)O. The van der Waals surface area contributed by atoms with Crippen LogP contribution in [0.15, 0.2) is 0 Å². The van der Waals surface area contributed by atoms with Crippen molar-refractivity contribution < 1.29 is 14.7 Å². The summed E-state index contributed by atoms with van der Waals surface area (Å²) in [7, 11) is 2.11. The minimum absolute atomic E-state index is 0.109. The van der Waals surface area contributed by atoms with Crippen LogP contribution in [0, 0.1) is 5.92 Å². The van der Waals surface area contributed by atoms with Gasteiger partial charge in [0.1, 0.15) is 0 Å². The van der Waals surface area contributed by atoms with Crippen LogP contribution < -0.4 is 10.6 Å². The number of carboxylic acid groups (broad SMARTS) is 1. The van der Waals surface area contributed by atoms with E-state index in [-0.39, 0.29) is 18.5 Å². The van der Waals surface area contributed by atoms with Gasteiger partial charge in [0.25, 0.3) is 0 Å². The molecule has 6 nitrogen and oxygen atoms in total. The molecule has 0 aromatic heterocycles. The van der Waals surface area contributed by atoms with Gasteiger partial charge in [-0.05, 0) is 45.6 Å². The highest BCUT2D eigenvalue weighted by atomic mass is 16.4. The van der Waals surface area contributed by atoms with E-state index >= 15 is 0 Å². The second kappa shape index (κ2) is 8.87. The van der Waals surface area contributed by atoms with Crippen LogP contribution in [0.3, 0.4) is 0 Å². The summed E-state index contributed by atoms with van der Waals surface area (Å²) in [6.45, 7) is 5.80. The number of urea groups is 1. The summed E-state index contributed by atoms with van der Waals surface area (Å²) in [5, 5.41) is 14.5. The number of hydrogen-bond donors (Lipinski definition) is 3. The molecule has 6 heteroatoms. The van der Waals surface area contributed by atoms with E-state index in [0.717, 1.165) is 25.8 Å². The first-order chi connectivity index (χ1) is 9.88. The smallest absolute Gasteiger partial charge is 0.315 e. The van der Waals surface area contributed by atoms with E-state index in [9.17, 15) is 9.59 Å². The summed E-state index contributed by atoms with van der Waals surface area (Å²) < 4.78 is 0. The van der Waals surface area contributed by atoms with Crippen LogP contribution in [0.25, 0.3) is 0 Å². The first kappa shape index (κ1) is 17.8. The molecule has 0 aromatic rings. The zero-order valence-corrected chi connectivity index (χ0v) is 13.4. The number of carbonyl (C=O) groups is 2. The van der Waals surface area contributed by atoms with Gasteiger partial charge in [0.2, 0.25) is 0 Å². The van der Waals surface area contributed by atoms with Gasteiger partial charge in [-0.3, -0.25) is 4.79 Å². The Hall–Kier alpha value is -1.30. The number of nitrogens with zero attached hydrogens (tertiary/aromatic N) is 1. The Bertz CT molecular complexity index is 349. The van der Waals surface area contributed by atoms with Gasteiger partial charge < -0.3 is 20.6 Å². The normalized spacial score (nSPS) is 24.3. The lowest BCUT2D eigenvalue weighted by Gasteiger charge is -2.35. The highest BCUT2D eigenvalue weighted by Gasteiger charge is 2.23. The Kier molecular flexibility index (Phi) is 7.50. The number of likely N-dealkylation sites (tertiary alicyclic amines) is 1. The van der Waals surface area contributed by atoms with Crippen molar-refractivity contribution in [2.24, 2.45) is 5.92 Å². The lowest BCUT2D eigenvalue weighted by molar-refractivity contribution is -0.137. The first-order valence-electron chi connectivity index (χ1n) is 7.85. The van der Waals surface area contributed by atoms with Crippen LogP contribution in [0.5, 0.6) is 0 Å². The molecule has 1 saturated heterocycles. The highest BCUT2D eigenvalue weighted by molar-refractivity contribution is 5.74. The number of piperidine rings is 1. The van der Waals surface area contributed by atoms with Crippen molar-refractivity contribution in [2.75, 3.05) is 20.1 Å². The molecule has 3 unspecified atom stereocenters. The number of hydrogen-bond acceptors (Lipinski definition) is 3. The van der Waals surface area contributed by atoms with Crippen molar-refractivity contribution in [2.45, 2.75) is 58.0 Å². The van der Waals surface area contributed by atoms with E-state index in [1.807, 2.05) is 6.92 Å². The van der Waals surface area contributed by atoms with E-state index in [1.165, 1.54) is 0 Å². The summed E-state index contributed by atoms with van der Waals surface area (Å²) in [6.07, 6.45) is 3.64. The Labute approximate surface area is 127 Å². The van der Waals surface area contributed by atoms with Crippen LogP contribution >= 0.6 is 0 Å². The van der Waals surface area contributed by atoms with E-state index < -0.39 is 5.97 Å². The van der Waals surface area contributed by atoms with Crippen molar-refractivity contribution in [3.63, 3.8) is 0 Å². The monoisotopic (exact) mass is 299 g/mol. The van der Waals surface area contributed by atoms with Gasteiger partial charge in [0, 0.05) is 31.6 Å². The maximum atomic E-state index is 11.8. The molecular weight excluding hydrogens is 270 g/mol. The Balaban J connectivity index is 2.12. The standard InChI is InChI=1S/C15H29N3O3/c1-11(4-5-14(19)20)6-8-16-15(21)17-13-7-9-18(3)12(2)10-13/h11-13H,4-10H2,1-3H3,(H,19,20)(H2,16,17,21). The predicted molar refractivity (Wildman–Crippen MR) is 82.3 cm³/mol. The lowest BCUT2D eigenvalue weighted by Crippen LogP contribution is -2.50. The number of aliphatic carboxylic acids is 1. The van der Waals surface area contributed by atoms with Crippen LogP contribution in [-0.4, -0.2) is 54.2 Å². The zero-order valence-electron chi connectivity index (χ0n) is 13.4. The number of carboxylic acids is 1. The fourth-order valence-electron chi connectivity index (χ4n) is 2.60. The predicted octanol–water partition coefficient (Wildman–Crippen LogP) is 1.66. The first-order valence-corrected chi connectivity index (χ1v) is 7.85. The molecule has 0 spiro atoms. The van der Waals surface area contributed by atoms with Crippen molar-refractivity contribution >= 4 is 12.0 Å². The second-order valence-corrected chi connectivity index (χ2v) is 6.28. The van der Waals surface area contributed by atoms with Gasteiger partial charge in [-0.15, -0.1) is 0 Å². The third kappa shape index (κ3) is 7.32. The van der Waals surface area contributed by atoms with Gasteiger partial charge >= 0.3 is 12.0 Å². The largest absolute Gasteiger partial charge is 0.481 e. The minimum Gasteiger partial charge on any atom is -0.481 e. The lowest BCUT2D eigenvalue weighted by atomic mass is 9.99. The molecule has 0 saturated carbocycles. The Morgan fingerprint density at radius 2 is 2.10 bits per heavy atom. The molecule has 0 aromatic carbocycles. The van der Waals surface area contributed by atoms with Gasteiger partial charge in [-0.1, -0.05) is 6.92 Å². The number of nitrogens with one attached hydrogen (secondary N) is 2. The minimum atomic E-state index is -0.760. The summed E-state index contributed by atoms with van der Waals surface area (Å²) >= 11 is 0. The fourth-order valence-corrected chi connectivity index (χ4v) is 2.60. The van der Waals surface area contributed by atoms with Gasteiger partial charge in [0.05, 0.1) is 0 Å². The van der Waals surface area contributed by atoms with Gasteiger partial charge in [0.15, 0.2) is 0 Å². The summed E-state index contributed by atoms with van der Waals surface area (Å²) in [5.74, 6) is -0.450. The molecule has 2 amide bonds. The maximum Gasteiger partial charge on any atom is 0.315 e. The number of carbonyl (C=O) groups excluding carboxylic acids is 1. The van der Waals surface area contributed by atoms with Crippen molar-refractivity contribution in [3.8, 4) is 0 Å². The Morgan fingerprint density at radius 1 is 1.38 bits per heavy atom. The molecule has 1 aliphatic heterocycles. The molecule has 3 N–H and O–H groups in total. The summed E-state index contributed by atoms with van der Waals surface area (Å²) in [6, 6.07) is 0.642. The molecule has 0 aliphatic carbocycles. The van der Waals surface area contributed by atoms with Crippen molar-refractivity contribution in [1.82, 2.24) is 15.5 Å². The molecule has 1 aliphatic rings. The molecule has 1 heterocycles. The molecular formula is C15H29N3O3. The Morgan fingerprint density at radius 3 is 2.71 bits per heavy atom. The van der Waals surface area contributed by atoms with Crippen LogP contribution in [0.1, 0.15) is 46.0 Å². The fraction of sp³-hybridized carbons (Fsp3) is 0.867.